The van der Waals surface area contributed by atoms with E-state index < -0.39 is 4.92 Å². The van der Waals surface area contributed by atoms with Crippen LogP contribution >= 0.6 is 0 Å². The summed E-state index contributed by atoms with van der Waals surface area (Å²) in [5.74, 6) is -0.0871. The van der Waals surface area contributed by atoms with Crippen molar-refractivity contribution in [2.24, 2.45) is 0 Å². The van der Waals surface area contributed by atoms with Crippen molar-refractivity contribution in [1.82, 2.24) is 4.90 Å². The fourth-order valence-corrected chi connectivity index (χ4v) is 1.72. The maximum absolute atomic E-state index is 11.8. The fraction of sp³-hybridized carbons (Fsp3) is 0.357. The highest BCUT2D eigenvalue weighted by Crippen LogP contribution is 2.18. The molecule has 0 unspecified atom stereocenters. The molecular weight excluding hydrogens is 244 g/mol. The monoisotopic (exact) mass is 262 g/mol. The lowest BCUT2D eigenvalue weighted by Crippen LogP contribution is -2.28. The first kappa shape index (κ1) is 14.9. The van der Waals surface area contributed by atoms with E-state index in [2.05, 4.69) is 0 Å². The predicted molar refractivity (Wildman–Crippen MR) is 74.8 cm³/mol. The summed E-state index contributed by atoms with van der Waals surface area (Å²) in [6.07, 6.45) is 3.09. The largest absolute Gasteiger partial charge is 0.340 e. The molecule has 0 spiro atoms. The molecule has 5 nitrogen and oxygen atoms in total. The summed E-state index contributed by atoms with van der Waals surface area (Å²) in [6.45, 7) is 6.97. The summed E-state index contributed by atoms with van der Waals surface area (Å²) in [4.78, 5) is 23.8. The number of benzene rings is 1. The minimum absolute atomic E-state index is 0.0283. The topological polar surface area (TPSA) is 63.5 Å². The van der Waals surface area contributed by atoms with Gasteiger partial charge in [0.25, 0.3) is 5.69 Å². The third-order valence-corrected chi connectivity index (χ3v) is 2.95. The number of likely N-dealkylation sites (N-methyl/N-ethyl adjacent to an activating group) is 1. The Kier molecular flexibility index (Phi) is 5.23. The van der Waals surface area contributed by atoms with Crippen LogP contribution in [0, 0.1) is 17.0 Å². The number of nitrogens with zero attached hydrogens (tertiary/aromatic N) is 2. The van der Waals surface area contributed by atoms with Gasteiger partial charge in [0.15, 0.2) is 0 Å². The molecule has 0 saturated heterocycles. The number of rotatable bonds is 5. The van der Waals surface area contributed by atoms with Crippen molar-refractivity contribution >= 4 is 17.7 Å². The Morgan fingerprint density at radius 1 is 1.37 bits per heavy atom. The van der Waals surface area contributed by atoms with Crippen LogP contribution in [0.3, 0.4) is 0 Å². The Labute approximate surface area is 112 Å². The van der Waals surface area contributed by atoms with Crippen LogP contribution in [0.25, 0.3) is 6.08 Å². The van der Waals surface area contributed by atoms with Crippen LogP contribution in [0.1, 0.15) is 25.0 Å². The number of carbonyl (C=O) groups is 1. The average molecular weight is 262 g/mol. The highest BCUT2D eigenvalue weighted by Gasteiger charge is 2.08. The fourth-order valence-electron chi connectivity index (χ4n) is 1.72. The Bertz CT molecular complexity index is 505. The van der Waals surface area contributed by atoms with Crippen molar-refractivity contribution in [2.75, 3.05) is 13.1 Å². The highest BCUT2D eigenvalue weighted by molar-refractivity contribution is 5.92. The van der Waals surface area contributed by atoms with Crippen molar-refractivity contribution in [1.29, 1.82) is 0 Å². The Morgan fingerprint density at radius 3 is 2.53 bits per heavy atom. The van der Waals surface area contributed by atoms with E-state index in [1.165, 1.54) is 18.2 Å². The van der Waals surface area contributed by atoms with Crippen LogP contribution in [-0.4, -0.2) is 28.8 Å². The first-order valence-corrected chi connectivity index (χ1v) is 6.21. The molecule has 0 saturated carbocycles. The van der Waals surface area contributed by atoms with Gasteiger partial charge in [-0.2, -0.15) is 0 Å². The van der Waals surface area contributed by atoms with E-state index >= 15 is 0 Å². The predicted octanol–water partition coefficient (Wildman–Crippen LogP) is 2.78. The number of nitro groups is 1. The average Bonchev–Trinajstić information content (AvgIpc) is 2.38. The van der Waals surface area contributed by atoms with Gasteiger partial charge in [-0.05, 0) is 38.0 Å². The van der Waals surface area contributed by atoms with Crippen LogP contribution < -0.4 is 0 Å². The number of hydrogen-bond acceptors (Lipinski definition) is 3. The molecule has 0 aliphatic heterocycles. The molecule has 0 radical (unpaired) electrons. The minimum Gasteiger partial charge on any atom is -0.340 e. The van der Waals surface area contributed by atoms with Gasteiger partial charge in [-0.3, -0.25) is 14.9 Å². The van der Waals surface area contributed by atoms with Gasteiger partial charge in [0.1, 0.15) is 0 Å². The van der Waals surface area contributed by atoms with Crippen LogP contribution in [0.4, 0.5) is 5.69 Å². The van der Waals surface area contributed by atoms with E-state index in [1.807, 2.05) is 20.8 Å². The zero-order valence-corrected chi connectivity index (χ0v) is 11.4. The molecule has 0 fully saturated rings. The van der Waals surface area contributed by atoms with Crippen LogP contribution in [-0.2, 0) is 4.79 Å². The molecule has 1 rings (SSSR count). The molecule has 0 aliphatic carbocycles. The first-order valence-electron chi connectivity index (χ1n) is 6.21. The van der Waals surface area contributed by atoms with E-state index in [4.69, 9.17) is 0 Å². The van der Waals surface area contributed by atoms with Gasteiger partial charge < -0.3 is 4.90 Å². The SMILES string of the molecule is CCN(CC)C(=O)/C=C/c1cc([N+](=O)[O-])ccc1C. The summed E-state index contributed by atoms with van der Waals surface area (Å²) >= 11 is 0. The molecule has 5 heteroatoms. The number of non-ortho nitro benzene ring substituents is 1. The molecule has 1 amide bonds. The standard InChI is InChI=1S/C14H18N2O3/c1-4-15(5-2)14(17)9-7-12-10-13(16(18)19)8-6-11(12)3/h6-10H,4-5H2,1-3H3/b9-7+. The molecule has 1 aromatic rings. The van der Waals surface area contributed by atoms with E-state index in [-0.39, 0.29) is 11.6 Å². The molecule has 0 atom stereocenters. The number of carbonyl (C=O) groups excluding carboxylic acids is 1. The lowest BCUT2D eigenvalue weighted by Gasteiger charge is -2.15. The zero-order chi connectivity index (χ0) is 14.4. The maximum Gasteiger partial charge on any atom is 0.270 e. The van der Waals surface area contributed by atoms with E-state index in [1.54, 1.807) is 17.0 Å². The third kappa shape index (κ3) is 3.91. The Morgan fingerprint density at radius 2 is 2.00 bits per heavy atom. The third-order valence-electron chi connectivity index (χ3n) is 2.95. The molecule has 0 heterocycles. The molecule has 0 bridgehead atoms. The number of nitro benzene ring substituents is 1. The van der Waals surface area contributed by atoms with Gasteiger partial charge in [0.2, 0.25) is 5.91 Å². The smallest absolute Gasteiger partial charge is 0.270 e. The van der Waals surface area contributed by atoms with Gasteiger partial charge in [-0.1, -0.05) is 6.07 Å². The molecule has 0 N–H and O–H groups in total. The van der Waals surface area contributed by atoms with Gasteiger partial charge >= 0.3 is 0 Å². The Balaban J connectivity index is 2.95. The first-order chi connectivity index (χ1) is 8.99. The number of hydrogen-bond donors (Lipinski definition) is 0. The van der Waals surface area contributed by atoms with Crippen molar-refractivity contribution in [3.8, 4) is 0 Å². The molecule has 1 aromatic carbocycles. The summed E-state index contributed by atoms with van der Waals surface area (Å²) in [5.41, 5.74) is 1.62. The van der Waals surface area contributed by atoms with Crippen LogP contribution in [0.5, 0.6) is 0 Å². The van der Waals surface area contributed by atoms with Gasteiger partial charge in [-0.25, -0.2) is 0 Å². The molecule has 102 valence electrons. The second-order valence-electron chi connectivity index (χ2n) is 4.14. The summed E-state index contributed by atoms with van der Waals surface area (Å²) in [6, 6.07) is 4.61. The molecule has 19 heavy (non-hydrogen) atoms. The second-order valence-corrected chi connectivity index (χ2v) is 4.14. The minimum atomic E-state index is -0.441. The van der Waals surface area contributed by atoms with E-state index in [9.17, 15) is 14.9 Å². The Hall–Kier alpha value is -2.17. The molecular formula is C14H18N2O3. The molecule has 0 aliphatic rings. The lowest BCUT2D eigenvalue weighted by molar-refractivity contribution is -0.384. The van der Waals surface area contributed by atoms with Crippen molar-refractivity contribution in [3.63, 3.8) is 0 Å². The van der Waals surface area contributed by atoms with E-state index in [0.29, 0.717) is 18.7 Å². The number of aryl methyl sites for hydroxylation is 1. The normalized spacial score (nSPS) is 10.7. The van der Waals surface area contributed by atoms with E-state index in [0.717, 1.165) is 5.56 Å². The lowest BCUT2D eigenvalue weighted by atomic mass is 10.1. The van der Waals surface area contributed by atoms with Crippen LogP contribution in [0.15, 0.2) is 24.3 Å². The van der Waals surface area contributed by atoms with Crippen LogP contribution in [0.2, 0.25) is 0 Å². The second kappa shape index (κ2) is 6.68. The maximum atomic E-state index is 11.8. The summed E-state index contributed by atoms with van der Waals surface area (Å²) in [5, 5.41) is 10.7. The van der Waals surface area contributed by atoms with Gasteiger partial charge in [-0.15, -0.1) is 0 Å². The van der Waals surface area contributed by atoms with Gasteiger partial charge in [0.05, 0.1) is 4.92 Å². The molecule has 0 aromatic heterocycles. The van der Waals surface area contributed by atoms with Gasteiger partial charge in [0, 0.05) is 31.3 Å². The van der Waals surface area contributed by atoms with Crippen molar-refractivity contribution in [3.05, 3.63) is 45.5 Å². The zero-order valence-electron chi connectivity index (χ0n) is 11.4. The number of amides is 1. The summed E-state index contributed by atoms with van der Waals surface area (Å²) in [7, 11) is 0. The van der Waals surface area contributed by atoms with Crippen molar-refractivity contribution < 1.29 is 9.72 Å². The van der Waals surface area contributed by atoms with Crippen molar-refractivity contribution in [2.45, 2.75) is 20.8 Å². The summed E-state index contributed by atoms with van der Waals surface area (Å²) < 4.78 is 0. The quantitative estimate of drug-likeness (QED) is 0.465. The highest BCUT2D eigenvalue weighted by atomic mass is 16.6.